The summed E-state index contributed by atoms with van der Waals surface area (Å²) < 4.78 is 26.8. The van der Waals surface area contributed by atoms with E-state index in [0.717, 1.165) is 29.1 Å². The predicted molar refractivity (Wildman–Crippen MR) is 116 cm³/mol. The lowest BCUT2D eigenvalue weighted by molar-refractivity contribution is -0.114. The van der Waals surface area contributed by atoms with Gasteiger partial charge in [0.1, 0.15) is 5.71 Å². The van der Waals surface area contributed by atoms with Gasteiger partial charge < -0.3 is 11.1 Å². The molecule has 0 saturated heterocycles. The number of hydrogen-bond acceptors (Lipinski definition) is 5. The van der Waals surface area contributed by atoms with Crippen LogP contribution in [0.2, 0.25) is 0 Å². The second-order valence-electron chi connectivity index (χ2n) is 6.69. The van der Waals surface area contributed by atoms with Gasteiger partial charge in [-0.2, -0.15) is 0 Å². The molecule has 0 unspecified atom stereocenters. The summed E-state index contributed by atoms with van der Waals surface area (Å²) in [5, 5.41) is 2.59. The molecule has 0 radical (unpaired) electrons. The molecule has 4 N–H and O–H groups in total. The molecule has 0 aromatic heterocycles. The summed E-state index contributed by atoms with van der Waals surface area (Å²) in [7, 11) is -1.92. The topological polar surface area (TPSA) is 114 Å². The zero-order valence-electron chi connectivity index (χ0n) is 15.5. The monoisotopic (exact) mass is 464 g/mol. The van der Waals surface area contributed by atoms with Crippen LogP contribution < -0.4 is 15.8 Å². The smallest absolute Gasteiger partial charge is 0.270 e. The van der Waals surface area contributed by atoms with Crippen molar-refractivity contribution in [1.82, 2.24) is 5.32 Å². The minimum absolute atomic E-state index is 0.176. The Kier molecular flexibility index (Phi) is 5.76. The third kappa shape index (κ3) is 4.90. The van der Waals surface area contributed by atoms with Crippen LogP contribution in [0.5, 0.6) is 0 Å². The van der Waals surface area contributed by atoms with Gasteiger partial charge in [-0.05, 0) is 60.7 Å². The highest BCUT2D eigenvalue weighted by Crippen LogP contribution is 2.45. The third-order valence-electron chi connectivity index (χ3n) is 4.30. The van der Waals surface area contributed by atoms with Gasteiger partial charge in [0.15, 0.2) is 0 Å². The molecule has 0 bridgehead atoms. The Bertz CT molecular complexity index is 1050. The fourth-order valence-electron chi connectivity index (χ4n) is 2.85. The van der Waals surface area contributed by atoms with E-state index in [-0.39, 0.29) is 23.2 Å². The van der Waals surface area contributed by atoms with Crippen molar-refractivity contribution in [1.29, 1.82) is 0 Å². The van der Waals surface area contributed by atoms with E-state index in [1.807, 2.05) is 12.1 Å². The first kappa shape index (κ1) is 20.3. The molecular formula is C19H21BrN4O3S. The van der Waals surface area contributed by atoms with Gasteiger partial charge in [-0.15, -0.1) is 0 Å². The molecule has 2 aromatic carbocycles. The van der Waals surface area contributed by atoms with E-state index in [1.165, 1.54) is 7.05 Å². The highest BCUT2D eigenvalue weighted by molar-refractivity contribution is 9.10. The number of amides is 1. The van der Waals surface area contributed by atoms with Crippen molar-refractivity contribution in [3.05, 3.63) is 52.0 Å². The highest BCUT2D eigenvalue weighted by Gasteiger charge is 2.29. The van der Waals surface area contributed by atoms with Crippen LogP contribution >= 0.6 is 15.9 Å². The molecule has 0 aliphatic heterocycles. The van der Waals surface area contributed by atoms with E-state index in [0.29, 0.717) is 16.9 Å². The summed E-state index contributed by atoms with van der Waals surface area (Å²) in [6.07, 6.45) is 3.01. The number of nitrogen functional groups attached to an aromatic ring is 1. The summed E-state index contributed by atoms with van der Waals surface area (Å²) in [4.78, 5) is 17.0. The highest BCUT2D eigenvalue weighted by atomic mass is 79.9. The number of aliphatic imine (C=N–C) groups is 1. The number of nitrogens with one attached hydrogen (secondary N) is 2. The molecule has 1 aliphatic rings. The molecule has 7 nitrogen and oxygen atoms in total. The average molecular weight is 465 g/mol. The molecule has 0 atom stereocenters. The zero-order chi connectivity index (χ0) is 20.5. The van der Waals surface area contributed by atoms with Crippen LogP contribution in [0.3, 0.4) is 0 Å². The number of nitrogens with zero attached hydrogens (tertiary/aromatic N) is 1. The minimum atomic E-state index is -3.45. The Balaban J connectivity index is 2.13. The number of carbonyl (C=O) groups is 1. The second-order valence-corrected chi connectivity index (χ2v) is 9.36. The van der Waals surface area contributed by atoms with Gasteiger partial charge in [0, 0.05) is 22.8 Å². The molecule has 148 valence electrons. The van der Waals surface area contributed by atoms with Crippen molar-refractivity contribution in [2.24, 2.45) is 4.99 Å². The normalized spacial score (nSPS) is 14.6. The number of anilines is 2. The minimum Gasteiger partial charge on any atom is -0.398 e. The molecule has 3 rings (SSSR count). The van der Waals surface area contributed by atoms with Crippen molar-refractivity contribution in [2.75, 3.05) is 23.8 Å². The van der Waals surface area contributed by atoms with Crippen LogP contribution in [-0.4, -0.2) is 33.3 Å². The summed E-state index contributed by atoms with van der Waals surface area (Å²) in [6.45, 7) is 0. The fourth-order valence-corrected chi connectivity index (χ4v) is 3.70. The van der Waals surface area contributed by atoms with Gasteiger partial charge in [0.2, 0.25) is 10.0 Å². The zero-order valence-corrected chi connectivity index (χ0v) is 17.9. The van der Waals surface area contributed by atoms with Crippen molar-refractivity contribution in [3.8, 4) is 0 Å². The second kappa shape index (κ2) is 7.92. The average Bonchev–Trinajstić information content (AvgIpc) is 3.45. The first-order chi connectivity index (χ1) is 13.2. The van der Waals surface area contributed by atoms with E-state index in [1.54, 1.807) is 24.3 Å². The number of likely N-dealkylation sites (N-methyl/N-ethyl adjacent to an activating group) is 1. The molecule has 1 saturated carbocycles. The Hall–Kier alpha value is -2.39. The lowest BCUT2D eigenvalue weighted by atomic mass is 9.99. The van der Waals surface area contributed by atoms with Crippen LogP contribution in [0.25, 0.3) is 0 Å². The maximum atomic E-state index is 12.5. The quantitative estimate of drug-likeness (QED) is 0.449. The van der Waals surface area contributed by atoms with E-state index >= 15 is 0 Å². The molecule has 1 fully saturated rings. The summed E-state index contributed by atoms with van der Waals surface area (Å²) in [5.74, 6) is -0.137. The number of rotatable bonds is 6. The summed E-state index contributed by atoms with van der Waals surface area (Å²) in [5.41, 5.74) is 9.00. The van der Waals surface area contributed by atoms with Gasteiger partial charge in [-0.25, -0.2) is 13.4 Å². The number of nitrogens with two attached hydrogens (primary N) is 1. The van der Waals surface area contributed by atoms with Crippen LogP contribution in [0.4, 0.5) is 17.1 Å². The van der Waals surface area contributed by atoms with Crippen LogP contribution in [-0.2, 0) is 14.8 Å². The standard InChI is InChI=1S/C19H21BrN4O3S/c1-22-19(25)18(23-13-7-5-12(20)6-8-13)15-9-14(11-3-4-11)17(10-16(15)21)24-28(2,26)27/h5-11,24H,3-4,21H2,1-2H3,(H,22,25). The molecule has 0 spiro atoms. The van der Waals surface area contributed by atoms with Gasteiger partial charge in [-0.1, -0.05) is 15.9 Å². The molecular weight excluding hydrogens is 444 g/mol. The van der Waals surface area contributed by atoms with Gasteiger partial charge in [0.05, 0.1) is 17.6 Å². The number of benzene rings is 2. The summed E-state index contributed by atoms with van der Waals surface area (Å²) in [6, 6.07) is 10.6. The first-order valence-corrected chi connectivity index (χ1v) is 11.3. The van der Waals surface area contributed by atoms with Crippen molar-refractivity contribution in [3.63, 3.8) is 0 Å². The Morgan fingerprint density at radius 1 is 1.21 bits per heavy atom. The van der Waals surface area contributed by atoms with Crippen molar-refractivity contribution in [2.45, 2.75) is 18.8 Å². The van der Waals surface area contributed by atoms with Crippen molar-refractivity contribution < 1.29 is 13.2 Å². The predicted octanol–water partition coefficient (Wildman–Crippen LogP) is 3.15. The van der Waals surface area contributed by atoms with Gasteiger partial charge in [0.25, 0.3) is 5.91 Å². The van der Waals surface area contributed by atoms with Crippen molar-refractivity contribution >= 4 is 54.6 Å². The van der Waals surface area contributed by atoms with Crippen LogP contribution in [0, 0.1) is 0 Å². The van der Waals surface area contributed by atoms with E-state index in [2.05, 4.69) is 31.0 Å². The number of sulfonamides is 1. The number of halogens is 1. The first-order valence-electron chi connectivity index (χ1n) is 8.66. The van der Waals surface area contributed by atoms with Gasteiger partial charge in [-0.3, -0.25) is 9.52 Å². The number of hydrogen-bond donors (Lipinski definition) is 3. The molecule has 2 aromatic rings. The van der Waals surface area contributed by atoms with E-state index < -0.39 is 10.0 Å². The number of carbonyl (C=O) groups excluding carboxylic acids is 1. The van der Waals surface area contributed by atoms with Crippen LogP contribution in [0.1, 0.15) is 29.9 Å². The van der Waals surface area contributed by atoms with Gasteiger partial charge >= 0.3 is 0 Å². The Morgan fingerprint density at radius 2 is 1.86 bits per heavy atom. The molecule has 0 heterocycles. The Labute approximate surface area is 172 Å². The molecule has 1 amide bonds. The van der Waals surface area contributed by atoms with Crippen LogP contribution in [0.15, 0.2) is 45.9 Å². The SMILES string of the molecule is CNC(=O)C(=Nc1ccc(Br)cc1)c1cc(C2CC2)c(NS(C)(=O)=O)cc1N. The Morgan fingerprint density at radius 3 is 2.39 bits per heavy atom. The van der Waals surface area contributed by atoms with E-state index in [4.69, 9.17) is 5.73 Å². The maximum Gasteiger partial charge on any atom is 0.270 e. The maximum absolute atomic E-state index is 12.5. The van der Waals surface area contributed by atoms with E-state index in [9.17, 15) is 13.2 Å². The summed E-state index contributed by atoms with van der Waals surface area (Å²) >= 11 is 3.37. The lowest BCUT2D eigenvalue weighted by Crippen LogP contribution is -2.29. The molecule has 28 heavy (non-hydrogen) atoms. The third-order valence-corrected chi connectivity index (χ3v) is 5.42. The lowest BCUT2D eigenvalue weighted by Gasteiger charge is -2.16. The molecule has 1 aliphatic carbocycles. The molecule has 9 heteroatoms. The largest absolute Gasteiger partial charge is 0.398 e. The fraction of sp³-hybridized carbons (Fsp3) is 0.263.